The van der Waals surface area contributed by atoms with Crippen LogP contribution >= 0.6 is 39.0 Å². The van der Waals surface area contributed by atoms with Gasteiger partial charge < -0.3 is 14.2 Å². The van der Waals surface area contributed by atoms with Gasteiger partial charge in [0.2, 0.25) is 5.91 Å². The summed E-state index contributed by atoms with van der Waals surface area (Å²) < 4.78 is 9.26. The molecule has 1 saturated heterocycles. The summed E-state index contributed by atoms with van der Waals surface area (Å²) in [6.07, 6.45) is 3.35. The Morgan fingerprint density at radius 3 is 2.79 bits per heavy atom. The van der Waals surface area contributed by atoms with Gasteiger partial charge in [-0.15, -0.1) is 11.8 Å². The molecular weight excluding hydrogens is 462 g/mol. The number of benzene rings is 1. The van der Waals surface area contributed by atoms with Crippen molar-refractivity contribution in [3.8, 4) is 0 Å². The standard InChI is InChI=1S/C19H24BrN3O3S2/c1-26-10-9-23-15-6-5-14(20)11-16(15)28-19(23)21-17(24)12-27-13-18(25)22-7-3-2-4-8-22/h5-6,11H,2-4,7-10,12-13H2,1H3. The highest BCUT2D eigenvalue weighted by Gasteiger charge is 2.16. The number of carbonyl (C=O) groups excluding carboxylic acids is 2. The zero-order chi connectivity index (χ0) is 19.9. The van der Waals surface area contributed by atoms with Crippen molar-refractivity contribution in [2.24, 2.45) is 4.99 Å². The van der Waals surface area contributed by atoms with Crippen LogP contribution in [0.2, 0.25) is 0 Å². The number of piperidine rings is 1. The number of rotatable bonds is 7. The molecule has 0 unspecified atom stereocenters. The Kier molecular flexibility index (Phi) is 8.13. The van der Waals surface area contributed by atoms with E-state index < -0.39 is 0 Å². The molecule has 3 rings (SSSR count). The number of thioether (sulfide) groups is 1. The number of nitrogens with zero attached hydrogens (tertiary/aromatic N) is 3. The van der Waals surface area contributed by atoms with Crippen molar-refractivity contribution in [3.63, 3.8) is 0 Å². The number of thiazole rings is 1. The molecule has 0 radical (unpaired) electrons. The van der Waals surface area contributed by atoms with Gasteiger partial charge in [0.25, 0.3) is 5.91 Å². The average Bonchev–Trinajstić information content (AvgIpc) is 3.02. The molecule has 2 aromatic rings. The Hall–Kier alpha value is -1.16. The van der Waals surface area contributed by atoms with Crippen LogP contribution in [0.25, 0.3) is 10.2 Å². The summed E-state index contributed by atoms with van der Waals surface area (Å²) >= 11 is 6.32. The van der Waals surface area contributed by atoms with Gasteiger partial charge in [0.15, 0.2) is 4.80 Å². The number of aromatic nitrogens is 1. The van der Waals surface area contributed by atoms with Gasteiger partial charge in [-0.05, 0) is 37.5 Å². The molecule has 0 saturated carbocycles. The number of methoxy groups -OCH3 is 1. The predicted octanol–water partition coefficient (Wildman–Crippen LogP) is 3.28. The molecule has 0 N–H and O–H groups in total. The van der Waals surface area contributed by atoms with E-state index in [1.54, 1.807) is 7.11 Å². The highest BCUT2D eigenvalue weighted by Crippen LogP contribution is 2.22. The highest BCUT2D eigenvalue weighted by atomic mass is 79.9. The van der Waals surface area contributed by atoms with Gasteiger partial charge in [0, 0.05) is 31.2 Å². The van der Waals surface area contributed by atoms with Crippen LogP contribution in [-0.4, -0.2) is 59.6 Å². The van der Waals surface area contributed by atoms with Gasteiger partial charge in [-0.25, -0.2) is 0 Å². The van der Waals surface area contributed by atoms with Crippen molar-refractivity contribution in [2.45, 2.75) is 25.8 Å². The zero-order valence-electron chi connectivity index (χ0n) is 15.9. The number of hydrogen-bond acceptors (Lipinski definition) is 5. The lowest BCUT2D eigenvalue weighted by molar-refractivity contribution is -0.129. The third-order valence-electron chi connectivity index (χ3n) is 4.54. The Morgan fingerprint density at radius 1 is 1.25 bits per heavy atom. The van der Waals surface area contributed by atoms with Crippen LogP contribution in [-0.2, 0) is 20.9 Å². The molecule has 9 heteroatoms. The summed E-state index contributed by atoms with van der Waals surface area (Å²) in [6.45, 7) is 2.86. The molecule has 152 valence electrons. The first kappa shape index (κ1) is 21.5. The van der Waals surface area contributed by atoms with Gasteiger partial charge in [-0.3, -0.25) is 9.59 Å². The van der Waals surface area contributed by atoms with Crippen LogP contribution in [0.5, 0.6) is 0 Å². The summed E-state index contributed by atoms with van der Waals surface area (Å²) in [4.78, 5) is 31.5. The smallest absolute Gasteiger partial charge is 0.258 e. The average molecular weight is 486 g/mol. The summed E-state index contributed by atoms with van der Waals surface area (Å²) in [6, 6.07) is 6.02. The van der Waals surface area contributed by atoms with E-state index in [2.05, 4.69) is 20.9 Å². The maximum absolute atomic E-state index is 12.4. The van der Waals surface area contributed by atoms with Gasteiger partial charge in [-0.1, -0.05) is 27.3 Å². The van der Waals surface area contributed by atoms with E-state index in [1.807, 2.05) is 27.7 Å². The van der Waals surface area contributed by atoms with E-state index in [0.29, 0.717) is 23.7 Å². The number of hydrogen-bond donors (Lipinski definition) is 0. The molecule has 1 aromatic carbocycles. The first-order valence-corrected chi connectivity index (χ1v) is 12.1. The van der Waals surface area contributed by atoms with Crippen molar-refractivity contribution < 1.29 is 14.3 Å². The van der Waals surface area contributed by atoms with Gasteiger partial charge >= 0.3 is 0 Å². The zero-order valence-corrected chi connectivity index (χ0v) is 19.1. The van der Waals surface area contributed by atoms with Crippen molar-refractivity contribution in [1.82, 2.24) is 9.47 Å². The molecule has 1 aliphatic heterocycles. The maximum atomic E-state index is 12.4. The van der Waals surface area contributed by atoms with Crippen molar-refractivity contribution in [1.29, 1.82) is 0 Å². The Labute approximate surface area is 181 Å². The Balaban J connectivity index is 1.66. The fraction of sp³-hybridized carbons (Fsp3) is 0.526. The van der Waals surface area contributed by atoms with E-state index in [4.69, 9.17) is 4.74 Å². The van der Waals surface area contributed by atoms with Crippen LogP contribution in [0, 0.1) is 0 Å². The highest BCUT2D eigenvalue weighted by molar-refractivity contribution is 9.10. The molecule has 0 spiro atoms. The third-order valence-corrected chi connectivity index (χ3v) is 6.98. The number of fused-ring (bicyclic) bond motifs is 1. The molecule has 0 atom stereocenters. The van der Waals surface area contributed by atoms with E-state index in [1.165, 1.54) is 29.5 Å². The fourth-order valence-electron chi connectivity index (χ4n) is 3.13. The first-order valence-electron chi connectivity index (χ1n) is 9.29. The molecule has 2 heterocycles. The summed E-state index contributed by atoms with van der Waals surface area (Å²) in [5, 5.41) is 0. The Morgan fingerprint density at radius 2 is 2.04 bits per heavy atom. The quantitative estimate of drug-likeness (QED) is 0.603. The van der Waals surface area contributed by atoms with E-state index >= 15 is 0 Å². The molecule has 2 amide bonds. The van der Waals surface area contributed by atoms with Crippen LogP contribution in [0.4, 0.5) is 0 Å². The van der Waals surface area contributed by atoms with Gasteiger partial charge in [-0.2, -0.15) is 4.99 Å². The number of likely N-dealkylation sites (tertiary alicyclic amines) is 1. The monoisotopic (exact) mass is 485 g/mol. The molecule has 0 aliphatic carbocycles. The SMILES string of the molecule is COCCn1c(=NC(=O)CSCC(=O)N2CCCCC2)sc2cc(Br)ccc21. The summed E-state index contributed by atoms with van der Waals surface area (Å²) in [5.41, 5.74) is 1.03. The van der Waals surface area contributed by atoms with Crippen LogP contribution in [0.15, 0.2) is 27.7 Å². The van der Waals surface area contributed by atoms with Crippen molar-refractivity contribution in [3.05, 3.63) is 27.5 Å². The second-order valence-corrected chi connectivity index (χ2v) is 9.49. The molecule has 6 nitrogen and oxygen atoms in total. The fourth-order valence-corrected chi connectivity index (χ4v) is 5.45. The molecule has 0 bridgehead atoms. The minimum Gasteiger partial charge on any atom is -0.383 e. The van der Waals surface area contributed by atoms with Crippen LogP contribution in [0.3, 0.4) is 0 Å². The molecule has 1 aliphatic rings. The summed E-state index contributed by atoms with van der Waals surface area (Å²) in [5.74, 6) is 0.458. The lowest BCUT2D eigenvalue weighted by Crippen LogP contribution is -2.36. The van der Waals surface area contributed by atoms with Crippen LogP contribution in [0.1, 0.15) is 19.3 Å². The van der Waals surface area contributed by atoms with E-state index in [-0.39, 0.29) is 17.6 Å². The third kappa shape index (κ3) is 5.68. The van der Waals surface area contributed by atoms with Crippen molar-refractivity contribution >= 4 is 61.1 Å². The number of ether oxygens (including phenoxy) is 1. The van der Waals surface area contributed by atoms with Crippen molar-refractivity contribution in [2.75, 3.05) is 38.3 Å². The van der Waals surface area contributed by atoms with Gasteiger partial charge in [0.05, 0.1) is 28.3 Å². The number of amides is 2. The lowest BCUT2D eigenvalue weighted by atomic mass is 10.1. The van der Waals surface area contributed by atoms with E-state index in [9.17, 15) is 9.59 Å². The maximum Gasteiger partial charge on any atom is 0.258 e. The minimum atomic E-state index is -0.215. The van der Waals surface area contributed by atoms with E-state index in [0.717, 1.165) is 40.6 Å². The second-order valence-electron chi connectivity index (χ2n) is 6.58. The molecule has 1 aromatic heterocycles. The number of carbonyl (C=O) groups is 2. The normalized spacial score (nSPS) is 15.4. The lowest BCUT2D eigenvalue weighted by Gasteiger charge is -2.26. The Bertz CT molecular complexity index is 903. The number of halogens is 1. The first-order chi connectivity index (χ1) is 13.6. The molecule has 1 fully saturated rings. The minimum absolute atomic E-state index is 0.124. The topological polar surface area (TPSA) is 63.9 Å². The molecular formula is C19H24BrN3O3S2. The molecule has 28 heavy (non-hydrogen) atoms. The van der Waals surface area contributed by atoms with Gasteiger partial charge in [0.1, 0.15) is 0 Å². The summed E-state index contributed by atoms with van der Waals surface area (Å²) in [7, 11) is 1.66. The van der Waals surface area contributed by atoms with Crippen LogP contribution < -0.4 is 4.80 Å². The second kappa shape index (κ2) is 10.6. The predicted molar refractivity (Wildman–Crippen MR) is 118 cm³/mol. The largest absolute Gasteiger partial charge is 0.383 e.